The van der Waals surface area contributed by atoms with Crippen LogP contribution in [-0.4, -0.2) is 14.8 Å². The number of anilines is 1. The number of halogens is 1. The summed E-state index contributed by atoms with van der Waals surface area (Å²) < 4.78 is 1.73. The minimum Gasteiger partial charge on any atom is -0.396 e. The van der Waals surface area contributed by atoms with Crippen LogP contribution in [0.3, 0.4) is 0 Å². The van der Waals surface area contributed by atoms with Crippen LogP contribution in [0.25, 0.3) is 16.9 Å². The number of pyridine rings is 1. The number of aromatic nitrogens is 3. The summed E-state index contributed by atoms with van der Waals surface area (Å²) in [6.45, 7) is 0. The Kier molecular flexibility index (Phi) is 2.93. The van der Waals surface area contributed by atoms with Crippen LogP contribution in [0, 0.1) is 0 Å². The van der Waals surface area contributed by atoms with Crippen molar-refractivity contribution in [2.45, 2.75) is 0 Å². The molecule has 0 bridgehead atoms. The van der Waals surface area contributed by atoms with Gasteiger partial charge in [-0.2, -0.15) is 5.10 Å². The first-order valence-electron chi connectivity index (χ1n) is 5.75. The summed E-state index contributed by atoms with van der Waals surface area (Å²) in [5.74, 6) is 0. The number of nitrogens with zero attached hydrogens (tertiary/aromatic N) is 3. The van der Waals surface area contributed by atoms with Gasteiger partial charge >= 0.3 is 0 Å². The maximum atomic E-state index is 6.02. The van der Waals surface area contributed by atoms with E-state index in [9.17, 15) is 0 Å². The first-order chi connectivity index (χ1) is 9.24. The third-order valence-electron chi connectivity index (χ3n) is 2.77. The van der Waals surface area contributed by atoms with Gasteiger partial charge < -0.3 is 5.73 Å². The quantitative estimate of drug-likeness (QED) is 0.778. The van der Waals surface area contributed by atoms with Crippen LogP contribution in [0.5, 0.6) is 0 Å². The summed E-state index contributed by atoms with van der Waals surface area (Å²) in [5, 5.41) is 5.16. The first-order valence-corrected chi connectivity index (χ1v) is 6.13. The Labute approximate surface area is 115 Å². The highest BCUT2D eigenvalue weighted by molar-refractivity contribution is 6.30. The fourth-order valence-corrected chi connectivity index (χ4v) is 2.07. The Morgan fingerprint density at radius 1 is 1.11 bits per heavy atom. The maximum Gasteiger partial charge on any atom is 0.116 e. The van der Waals surface area contributed by atoms with Gasteiger partial charge in [-0.15, -0.1) is 0 Å². The molecule has 0 amide bonds. The topological polar surface area (TPSA) is 56.7 Å². The van der Waals surface area contributed by atoms with Crippen LogP contribution in [0.4, 0.5) is 5.69 Å². The van der Waals surface area contributed by atoms with Crippen molar-refractivity contribution in [1.82, 2.24) is 14.8 Å². The van der Waals surface area contributed by atoms with Crippen LogP contribution < -0.4 is 5.73 Å². The van der Waals surface area contributed by atoms with Crippen molar-refractivity contribution in [3.05, 3.63) is 60.0 Å². The molecule has 0 fully saturated rings. The van der Waals surface area contributed by atoms with E-state index in [0.29, 0.717) is 10.7 Å². The second-order valence-electron chi connectivity index (χ2n) is 4.09. The molecule has 0 saturated heterocycles. The lowest BCUT2D eigenvalue weighted by Crippen LogP contribution is -1.94. The summed E-state index contributed by atoms with van der Waals surface area (Å²) in [4.78, 5) is 3.98. The van der Waals surface area contributed by atoms with E-state index in [2.05, 4.69) is 10.1 Å². The summed E-state index contributed by atoms with van der Waals surface area (Å²) in [7, 11) is 0. The van der Waals surface area contributed by atoms with Crippen LogP contribution in [0.1, 0.15) is 0 Å². The average Bonchev–Trinajstić information content (AvgIpc) is 2.82. The second-order valence-corrected chi connectivity index (χ2v) is 4.53. The molecule has 0 atom stereocenters. The van der Waals surface area contributed by atoms with Gasteiger partial charge in [0.1, 0.15) is 5.69 Å². The smallest absolute Gasteiger partial charge is 0.116 e. The highest BCUT2D eigenvalue weighted by Crippen LogP contribution is 2.27. The second kappa shape index (κ2) is 4.74. The molecule has 3 aromatic rings. The molecule has 2 heterocycles. The Morgan fingerprint density at radius 3 is 2.63 bits per heavy atom. The third-order valence-corrected chi connectivity index (χ3v) is 3.00. The average molecular weight is 271 g/mol. The van der Waals surface area contributed by atoms with Crippen LogP contribution in [0.15, 0.2) is 55.0 Å². The molecule has 0 aliphatic heterocycles. The maximum absolute atomic E-state index is 6.02. The molecule has 4 nitrogen and oxygen atoms in total. The van der Waals surface area contributed by atoms with E-state index in [1.807, 2.05) is 36.4 Å². The van der Waals surface area contributed by atoms with Gasteiger partial charge in [0.2, 0.25) is 0 Å². The largest absolute Gasteiger partial charge is 0.396 e. The molecule has 0 unspecified atom stereocenters. The van der Waals surface area contributed by atoms with Gasteiger partial charge in [0.25, 0.3) is 0 Å². The van der Waals surface area contributed by atoms with Crippen LogP contribution in [0.2, 0.25) is 5.02 Å². The lowest BCUT2D eigenvalue weighted by molar-refractivity contribution is 0.881. The fourth-order valence-electron chi connectivity index (χ4n) is 1.88. The van der Waals surface area contributed by atoms with Crippen molar-refractivity contribution in [3.63, 3.8) is 0 Å². The van der Waals surface area contributed by atoms with Crippen LogP contribution >= 0.6 is 11.6 Å². The first kappa shape index (κ1) is 11.7. The van der Waals surface area contributed by atoms with E-state index >= 15 is 0 Å². The molecular weight excluding hydrogens is 260 g/mol. The van der Waals surface area contributed by atoms with Gasteiger partial charge in [0, 0.05) is 23.0 Å². The summed E-state index contributed by atoms with van der Waals surface area (Å²) in [5.41, 5.74) is 9.16. The molecular formula is C14H11ClN4. The van der Waals surface area contributed by atoms with E-state index in [-0.39, 0.29) is 0 Å². The van der Waals surface area contributed by atoms with E-state index in [4.69, 9.17) is 17.3 Å². The molecule has 2 aromatic heterocycles. The normalized spacial score (nSPS) is 10.6. The van der Waals surface area contributed by atoms with Gasteiger partial charge in [0.15, 0.2) is 0 Å². The number of nitrogen functional groups attached to an aromatic ring is 1. The van der Waals surface area contributed by atoms with Crippen molar-refractivity contribution in [3.8, 4) is 16.9 Å². The molecule has 0 radical (unpaired) electrons. The Morgan fingerprint density at radius 2 is 1.89 bits per heavy atom. The van der Waals surface area contributed by atoms with Gasteiger partial charge in [-0.05, 0) is 24.3 Å². The number of rotatable bonds is 2. The van der Waals surface area contributed by atoms with Crippen molar-refractivity contribution in [2.75, 3.05) is 5.73 Å². The van der Waals surface area contributed by atoms with E-state index in [1.54, 1.807) is 23.3 Å². The molecule has 0 aliphatic rings. The molecule has 94 valence electrons. The predicted molar refractivity (Wildman–Crippen MR) is 76.2 cm³/mol. The van der Waals surface area contributed by atoms with Crippen molar-refractivity contribution < 1.29 is 0 Å². The minimum atomic E-state index is 0.610. The van der Waals surface area contributed by atoms with Crippen molar-refractivity contribution in [2.24, 2.45) is 0 Å². The molecule has 19 heavy (non-hydrogen) atoms. The Bertz CT molecular complexity index is 706. The summed E-state index contributed by atoms with van der Waals surface area (Å²) in [6.07, 6.45) is 5.21. The molecule has 5 heteroatoms. The Balaban J connectivity index is 2.08. The lowest BCUT2D eigenvalue weighted by Gasteiger charge is -2.00. The van der Waals surface area contributed by atoms with Gasteiger partial charge in [-0.3, -0.25) is 4.98 Å². The Hall–Kier alpha value is -2.33. The van der Waals surface area contributed by atoms with E-state index in [1.165, 1.54) is 0 Å². The van der Waals surface area contributed by atoms with Crippen molar-refractivity contribution >= 4 is 17.3 Å². The highest BCUT2D eigenvalue weighted by atomic mass is 35.5. The minimum absolute atomic E-state index is 0.610. The van der Waals surface area contributed by atoms with Crippen LogP contribution in [-0.2, 0) is 0 Å². The van der Waals surface area contributed by atoms with E-state index < -0.39 is 0 Å². The summed E-state index contributed by atoms with van der Waals surface area (Å²) >= 11 is 5.99. The fraction of sp³-hybridized carbons (Fsp3) is 0. The molecule has 0 spiro atoms. The van der Waals surface area contributed by atoms with Gasteiger partial charge in [-0.25, -0.2) is 4.68 Å². The molecule has 1 aromatic carbocycles. The zero-order chi connectivity index (χ0) is 13.2. The van der Waals surface area contributed by atoms with Gasteiger partial charge in [0.05, 0.1) is 17.6 Å². The predicted octanol–water partition coefficient (Wildman–Crippen LogP) is 3.17. The summed E-state index contributed by atoms with van der Waals surface area (Å²) in [6, 6.07) is 11.2. The molecule has 0 saturated carbocycles. The number of benzene rings is 1. The van der Waals surface area contributed by atoms with E-state index in [0.717, 1.165) is 16.9 Å². The standard InChI is InChI=1S/C14H11ClN4/c15-11-3-1-2-10(8-11)14-13(16)9-19(18-14)12-4-6-17-7-5-12/h1-9H,16H2. The zero-order valence-corrected chi connectivity index (χ0v) is 10.7. The number of hydrogen-bond acceptors (Lipinski definition) is 3. The van der Waals surface area contributed by atoms with Gasteiger partial charge in [-0.1, -0.05) is 23.7 Å². The lowest BCUT2D eigenvalue weighted by atomic mass is 10.1. The molecule has 0 aliphatic carbocycles. The highest BCUT2D eigenvalue weighted by Gasteiger charge is 2.09. The zero-order valence-electron chi connectivity index (χ0n) is 9.99. The number of nitrogens with two attached hydrogens (primary N) is 1. The SMILES string of the molecule is Nc1cn(-c2ccncc2)nc1-c1cccc(Cl)c1. The van der Waals surface area contributed by atoms with Crippen molar-refractivity contribution in [1.29, 1.82) is 0 Å². The number of hydrogen-bond donors (Lipinski definition) is 1. The molecule has 2 N–H and O–H groups in total. The molecule has 3 rings (SSSR count). The monoisotopic (exact) mass is 270 g/mol. The third kappa shape index (κ3) is 2.30.